The number of alkyl halides is 1. The molecule has 0 spiro atoms. The number of halogens is 1. The summed E-state index contributed by atoms with van der Waals surface area (Å²) in [7, 11) is 2.26. The van der Waals surface area contributed by atoms with Crippen LogP contribution in [-0.2, 0) is 0 Å². The predicted molar refractivity (Wildman–Crippen MR) is 73.0 cm³/mol. The second-order valence-corrected chi connectivity index (χ2v) is 6.31. The van der Waals surface area contributed by atoms with Crippen LogP contribution in [-0.4, -0.2) is 17.0 Å². The van der Waals surface area contributed by atoms with E-state index in [1.54, 1.807) is 5.56 Å². The van der Waals surface area contributed by atoms with Crippen LogP contribution < -0.4 is 4.90 Å². The van der Waals surface area contributed by atoms with E-state index in [4.69, 9.17) is 0 Å². The van der Waals surface area contributed by atoms with Gasteiger partial charge in [0.1, 0.15) is 0 Å². The zero-order valence-electron chi connectivity index (χ0n) is 8.99. The minimum Gasteiger partial charge on any atom is -0.370 e. The number of hydrogen-bond acceptors (Lipinski definition) is 1. The summed E-state index contributed by atoms with van der Waals surface area (Å²) in [5.41, 5.74) is 3.06. The van der Waals surface area contributed by atoms with Crippen LogP contribution in [0, 0.1) is 0 Å². The summed E-state index contributed by atoms with van der Waals surface area (Å²) >= 11 is 2.65. The van der Waals surface area contributed by atoms with E-state index < -0.39 is 0 Å². The zero-order valence-corrected chi connectivity index (χ0v) is 11.1. The molecule has 1 aliphatic heterocycles. The second kappa shape index (κ2) is 3.65. The fourth-order valence-corrected chi connectivity index (χ4v) is 4.69. The Balaban J connectivity index is 2.06. The zero-order chi connectivity index (χ0) is 10.4. The molecular formula is C13H16IN. The lowest BCUT2D eigenvalue weighted by Crippen LogP contribution is -2.40. The summed E-state index contributed by atoms with van der Waals surface area (Å²) < 4.78 is 0.818. The number of benzene rings is 1. The first-order chi connectivity index (χ1) is 7.29. The van der Waals surface area contributed by atoms with E-state index in [1.807, 2.05) is 0 Å². The van der Waals surface area contributed by atoms with Crippen LogP contribution in [0.3, 0.4) is 0 Å². The first kappa shape index (κ1) is 9.94. The maximum Gasteiger partial charge on any atom is 0.0473 e. The fraction of sp³-hybridized carbons (Fsp3) is 0.538. The molecule has 1 aromatic carbocycles. The molecular weight excluding hydrogens is 297 g/mol. The Kier molecular flexibility index (Phi) is 2.42. The molecule has 3 rings (SSSR count). The maximum absolute atomic E-state index is 2.65. The van der Waals surface area contributed by atoms with Crippen LogP contribution in [0.5, 0.6) is 0 Å². The van der Waals surface area contributed by atoms with Gasteiger partial charge in [-0.3, -0.25) is 0 Å². The smallest absolute Gasteiger partial charge is 0.0473 e. The number of hydrogen-bond donors (Lipinski definition) is 0. The van der Waals surface area contributed by atoms with E-state index in [-0.39, 0.29) is 0 Å². The molecule has 0 saturated heterocycles. The molecule has 1 heterocycles. The van der Waals surface area contributed by atoms with Gasteiger partial charge in [-0.1, -0.05) is 47.2 Å². The second-order valence-electron chi connectivity index (χ2n) is 4.71. The van der Waals surface area contributed by atoms with Crippen molar-refractivity contribution in [1.82, 2.24) is 0 Å². The summed E-state index contributed by atoms with van der Waals surface area (Å²) in [6.45, 7) is 0. The van der Waals surface area contributed by atoms with Crippen molar-refractivity contribution in [2.45, 2.75) is 35.1 Å². The lowest BCUT2D eigenvalue weighted by atomic mass is 9.82. The van der Waals surface area contributed by atoms with Crippen molar-refractivity contribution >= 4 is 28.3 Å². The normalized spacial score (nSPS) is 33.7. The topological polar surface area (TPSA) is 3.24 Å². The van der Waals surface area contributed by atoms with Gasteiger partial charge in [-0.15, -0.1) is 0 Å². The van der Waals surface area contributed by atoms with Gasteiger partial charge in [-0.25, -0.2) is 0 Å². The lowest BCUT2D eigenvalue weighted by molar-refractivity contribution is 0.416. The highest BCUT2D eigenvalue weighted by Crippen LogP contribution is 2.48. The van der Waals surface area contributed by atoms with Crippen molar-refractivity contribution < 1.29 is 0 Å². The van der Waals surface area contributed by atoms with E-state index >= 15 is 0 Å². The average Bonchev–Trinajstić information content (AvgIpc) is 2.55. The van der Waals surface area contributed by atoms with E-state index in [9.17, 15) is 0 Å². The lowest BCUT2D eigenvalue weighted by Gasteiger charge is -2.35. The van der Waals surface area contributed by atoms with Crippen LogP contribution in [0.15, 0.2) is 24.3 Å². The van der Waals surface area contributed by atoms with Gasteiger partial charge < -0.3 is 4.90 Å². The van der Waals surface area contributed by atoms with Gasteiger partial charge >= 0.3 is 0 Å². The molecule has 0 aromatic heterocycles. The quantitative estimate of drug-likeness (QED) is 0.523. The van der Waals surface area contributed by atoms with E-state index in [0.29, 0.717) is 0 Å². The van der Waals surface area contributed by atoms with Gasteiger partial charge in [0.25, 0.3) is 0 Å². The highest BCUT2D eigenvalue weighted by atomic mass is 127. The standard InChI is InChI=1S/C13H16IN/c1-15-12-8-3-2-5-9(12)10-6-4-7-11(14)13(10)15/h2-3,5,8,10-11,13H,4,6-7H2,1H3. The highest BCUT2D eigenvalue weighted by molar-refractivity contribution is 14.1. The molecule has 3 unspecified atom stereocenters. The molecule has 0 radical (unpaired) electrons. The van der Waals surface area contributed by atoms with Gasteiger partial charge in [-0.2, -0.15) is 0 Å². The van der Waals surface area contributed by atoms with Gasteiger partial charge in [-0.05, 0) is 24.5 Å². The van der Waals surface area contributed by atoms with Gasteiger partial charge in [0.05, 0.1) is 0 Å². The largest absolute Gasteiger partial charge is 0.370 e. The molecule has 0 amide bonds. The summed E-state index contributed by atoms with van der Waals surface area (Å²) in [6, 6.07) is 9.69. The molecule has 80 valence electrons. The number of para-hydroxylation sites is 1. The van der Waals surface area contributed by atoms with Crippen LogP contribution in [0.25, 0.3) is 0 Å². The van der Waals surface area contributed by atoms with Crippen molar-refractivity contribution in [1.29, 1.82) is 0 Å². The average molecular weight is 313 g/mol. The Morgan fingerprint density at radius 1 is 1.27 bits per heavy atom. The number of rotatable bonds is 0. The minimum absolute atomic E-state index is 0.747. The SMILES string of the molecule is CN1c2ccccc2C2CCCC(I)C21. The van der Waals surface area contributed by atoms with Crippen LogP contribution in [0.1, 0.15) is 30.7 Å². The first-order valence-electron chi connectivity index (χ1n) is 5.75. The minimum atomic E-state index is 0.747. The molecule has 0 N–H and O–H groups in total. The van der Waals surface area contributed by atoms with Crippen LogP contribution >= 0.6 is 22.6 Å². The Labute approximate surface area is 105 Å². The van der Waals surface area contributed by atoms with Crippen LogP contribution in [0.2, 0.25) is 0 Å². The third kappa shape index (κ3) is 1.41. The molecule has 2 heteroatoms. The van der Waals surface area contributed by atoms with Gasteiger partial charge in [0.15, 0.2) is 0 Å². The molecule has 15 heavy (non-hydrogen) atoms. The maximum atomic E-state index is 2.65. The van der Waals surface area contributed by atoms with Crippen LogP contribution in [0.4, 0.5) is 5.69 Å². The fourth-order valence-electron chi connectivity index (χ4n) is 3.26. The monoisotopic (exact) mass is 313 g/mol. The van der Waals surface area contributed by atoms with Crippen molar-refractivity contribution in [2.24, 2.45) is 0 Å². The third-order valence-corrected chi connectivity index (χ3v) is 5.30. The molecule has 3 atom stereocenters. The predicted octanol–water partition coefficient (Wildman–Crippen LogP) is 3.58. The number of nitrogens with zero attached hydrogens (tertiary/aromatic N) is 1. The van der Waals surface area contributed by atoms with E-state index in [0.717, 1.165) is 15.9 Å². The summed E-state index contributed by atoms with van der Waals surface area (Å²) in [5, 5.41) is 0. The Morgan fingerprint density at radius 2 is 2.07 bits per heavy atom. The highest BCUT2D eigenvalue weighted by Gasteiger charge is 2.41. The van der Waals surface area contributed by atoms with E-state index in [1.165, 1.54) is 24.9 Å². The summed E-state index contributed by atoms with van der Waals surface area (Å²) in [6.07, 6.45) is 4.17. The molecule has 1 aromatic rings. The molecule has 1 saturated carbocycles. The van der Waals surface area contributed by atoms with Crippen molar-refractivity contribution in [2.75, 3.05) is 11.9 Å². The van der Waals surface area contributed by atoms with Crippen molar-refractivity contribution in [3.63, 3.8) is 0 Å². The van der Waals surface area contributed by atoms with Crippen molar-refractivity contribution in [3.05, 3.63) is 29.8 Å². The first-order valence-corrected chi connectivity index (χ1v) is 6.99. The molecule has 2 aliphatic rings. The van der Waals surface area contributed by atoms with E-state index in [2.05, 4.69) is 58.8 Å². The summed E-state index contributed by atoms with van der Waals surface area (Å²) in [4.78, 5) is 2.51. The molecule has 1 aliphatic carbocycles. The Hall–Kier alpha value is -0.250. The summed E-state index contributed by atoms with van der Waals surface area (Å²) in [5.74, 6) is 0.793. The Bertz CT molecular complexity index is 377. The van der Waals surface area contributed by atoms with Gasteiger partial charge in [0, 0.05) is 28.6 Å². The van der Waals surface area contributed by atoms with Gasteiger partial charge in [0.2, 0.25) is 0 Å². The number of likely N-dealkylation sites (N-methyl/N-ethyl adjacent to an activating group) is 1. The third-order valence-electron chi connectivity index (χ3n) is 3.94. The van der Waals surface area contributed by atoms with Crippen molar-refractivity contribution in [3.8, 4) is 0 Å². The molecule has 1 nitrogen and oxygen atoms in total. The molecule has 1 fully saturated rings. The number of fused-ring (bicyclic) bond motifs is 3. The molecule has 0 bridgehead atoms. The number of anilines is 1. The Morgan fingerprint density at radius 3 is 2.93 bits per heavy atom.